The van der Waals surface area contributed by atoms with Crippen LogP contribution in [0.15, 0.2) is 16.6 Å². The van der Waals surface area contributed by atoms with E-state index in [1.54, 1.807) is 6.07 Å². The molecule has 3 N–H and O–H groups in total. The summed E-state index contributed by atoms with van der Waals surface area (Å²) in [5, 5.41) is 3.23. The lowest BCUT2D eigenvalue weighted by atomic mass is 10.1. The number of hydrogen-bond donors (Lipinski definition) is 2. The molecular weight excluding hydrogens is 244 g/mol. The first kappa shape index (κ1) is 9.52. The Morgan fingerprint density at radius 2 is 2.21 bits per heavy atom. The van der Waals surface area contributed by atoms with Crippen molar-refractivity contribution in [3.05, 3.63) is 22.2 Å². The Hall–Kier alpha value is -1.03. The van der Waals surface area contributed by atoms with Crippen LogP contribution in [-0.2, 0) is 0 Å². The molecule has 0 aliphatic carbocycles. The molecule has 0 bridgehead atoms. The van der Waals surface area contributed by atoms with E-state index in [0.717, 1.165) is 23.1 Å². The molecular formula is C10H11BrN2O. The molecule has 14 heavy (non-hydrogen) atoms. The molecule has 1 aromatic carbocycles. The van der Waals surface area contributed by atoms with Gasteiger partial charge in [-0.05, 0) is 34.5 Å². The van der Waals surface area contributed by atoms with E-state index >= 15 is 0 Å². The van der Waals surface area contributed by atoms with Crippen LogP contribution in [0.4, 0.5) is 11.4 Å². The molecule has 2 rings (SSSR count). The molecule has 1 aliphatic heterocycles. The molecule has 0 atom stereocenters. The quantitative estimate of drug-likeness (QED) is 0.700. The molecule has 1 aliphatic rings. The van der Waals surface area contributed by atoms with Crippen molar-refractivity contribution in [1.29, 1.82) is 0 Å². The maximum Gasteiger partial charge on any atom is 0.165 e. The highest BCUT2D eigenvalue weighted by atomic mass is 79.9. The number of carbonyl (C=O) groups excluding carboxylic acids is 1. The molecule has 0 aromatic heterocycles. The molecule has 4 heteroatoms. The average molecular weight is 255 g/mol. The minimum atomic E-state index is 0.165. The van der Waals surface area contributed by atoms with Crippen LogP contribution < -0.4 is 11.1 Å². The van der Waals surface area contributed by atoms with Crippen molar-refractivity contribution in [2.75, 3.05) is 17.6 Å². The third kappa shape index (κ3) is 1.62. The number of nitrogen functional groups attached to an aromatic ring is 1. The smallest absolute Gasteiger partial charge is 0.165 e. The molecule has 0 spiro atoms. The van der Waals surface area contributed by atoms with Crippen LogP contribution in [0.5, 0.6) is 0 Å². The van der Waals surface area contributed by atoms with Gasteiger partial charge in [0.25, 0.3) is 0 Å². The topological polar surface area (TPSA) is 55.1 Å². The molecule has 0 amide bonds. The highest BCUT2D eigenvalue weighted by Crippen LogP contribution is 2.32. The number of Topliss-reactive ketones (excluding diaryl/α,β-unsaturated/α-hetero) is 1. The Kier molecular flexibility index (Phi) is 2.46. The van der Waals surface area contributed by atoms with E-state index in [9.17, 15) is 4.79 Å². The molecule has 0 fully saturated rings. The number of hydrogen-bond acceptors (Lipinski definition) is 3. The number of nitrogens with one attached hydrogen (secondary N) is 1. The fourth-order valence-corrected chi connectivity index (χ4v) is 2.24. The van der Waals surface area contributed by atoms with Gasteiger partial charge in [-0.15, -0.1) is 0 Å². The van der Waals surface area contributed by atoms with Crippen LogP contribution in [0.3, 0.4) is 0 Å². The van der Waals surface area contributed by atoms with Gasteiger partial charge in [-0.1, -0.05) is 0 Å². The predicted molar refractivity (Wildman–Crippen MR) is 60.6 cm³/mol. The number of anilines is 2. The third-order valence-electron chi connectivity index (χ3n) is 2.30. The van der Waals surface area contributed by atoms with Crippen LogP contribution in [0.1, 0.15) is 23.2 Å². The van der Waals surface area contributed by atoms with Crippen molar-refractivity contribution in [3.63, 3.8) is 0 Å². The number of ketones is 1. The maximum absolute atomic E-state index is 11.7. The van der Waals surface area contributed by atoms with Gasteiger partial charge in [-0.2, -0.15) is 0 Å². The fraction of sp³-hybridized carbons (Fsp3) is 0.300. The number of nitrogens with two attached hydrogens (primary N) is 1. The van der Waals surface area contributed by atoms with E-state index < -0.39 is 0 Å². The highest BCUT2D eigenvalue weighted by Gasteiger charge is 2.17. The van der Waals surface area contributed by atoms with Crippen LogP contribution in [0.2, 0.25) is 0 Å². The SMILES string of the molecule is Nc1cc(Br)c2c(c1)C(=O)CCCN2. The second-order valence-electron chi connectivity index (χ2n) is 3.38. The van der Waals surface area contributed by atoms with Crippen molar-refractivity contribution in [3.8, 4) is 0 Å². The van der Waals surface area contributed by atoms with Gasteiger partial charge in [0.15, 0.2) is 5.78 Å². The molecule has 0 saturated heterocycles. The van der Waals surface area contributed by atoms with E-state index in [1.165, 1.54) is 0 Å². The summed E-state index contributed by atoms with van der Waals surface area (Å²) in [6.07, 6.45) is 1.47. The molecule has 74 valence electrons. The van der Waals surface area contributed by atoms with Gasteiger partial charge in [0.1, 0.15) is 0 Å². The fourth-order valence-electron chi connectivity index (χ4n) is 1.62. The van der Waals surface area contributed by atoms with Gasteiger partial charge >= 0.3 is 0 Å². The molecule has 0 saturated carbocycles. The van der Waals surface area contributed by atoms with Gasteiger partial charge < -0.3 is 11.1 Å². The van der Waals surface area contributed by atoms with Crippen molar-refractivity contribution in [2.24, 2.45) is 0 Å². The van der Waals surface area contributed by atoms with Gasteiger partial charge in [0, 0.05) is 28.7 Å². The summed E-state index contributed by atoms with van der Waals surface area (Å²) in [5.41, 5.74) is 7.88. The number of carbonyl (C=O) groups is 1. The largest absolute Gasteiger partial charge is 0.399 e. The van der Waals surface area contributed by atoms with Gasteiger partial charge in [-0.25, -0.2) is 0 Å². The summed E-state index contributed by atoms with van der Waals surface area (Å²) >= 11 is 3.40. The normalized spacial score (nSPS) is 15.6. The summed E-state index contributed by atoms with van der Waals surface area (Å²) in [4.78, 5) is 11.7. The second-order valence-corrected chi connectivity index (χ2v) is 4.23. The van der Waals surface area contributed by atoms with Crippen molar-refractivity contribution in [2.45, 2.75) is 12.8 Å². The number of fused-ring (bicyclic) bond motifs is 1. The summed E-state index contributed by atoms with van der Waals surface area (Å²) < 4.78 is 0.864. The minimum Gasteiger partial charge on any atom is -0.399 e. The summed E-state index contributed by atoms with van der Waals surface area (Å²) in [6, 6.07) is 3.55. The van der Waals surface area contributed by atoms with Gasteiger partial charge in [0.05, 0.1) is 5.69 Å². The first-order chi connectivity index (χ1) is 6.68. The zero-order valence-electron chi connectivity index (χ0n) is 7.64. The molecule has 0 radical (unpaired) electrons. The van der Waals surface area contributed by atoms with Gasteiger partial charge in [-0.3, -0.25) is 4.79 Å². The summed E-state index contributed by atoms with van der Waals surface area (Å²) in [6.45, 7) is 0.835. The standard InChI is InChI=1S/C10H11BrN2O/c11-8-5-6(12)4-7-9(14)2-1-3-13-10(7)8/h4-5,13H,1-3,12H2. The third-order valence-corrected chi connectivity index (χ3v) is 2.92. The second kappa shape index (κ2) is 3.61. The number of rotatable bonds is 0. The molecule has 0 unspecified atom stereocenters. The maximum atomic E-state index is 11.7. The lowest BCUT2D eigenvalue weighted by Crippen LogP contribution is -2.02. The van der Waals surface area contributed by atoms with E-state index in [4.69, 9.17) is 5.73 Å². The summed E-state index contributed by atoms with van der Waals surface area (Å²) in [7, 11) is 0. The lowest BCUT2D eigenvalue weighted by Gasteiger charge is -2.09. The lowest BCUT2D eigenvalue weighted by molar-refractivity contribution is 0.0984. The Labute approximate surface area is 90.8 Å². The Bertz CT molecular complexity index is 390. The van der Waals surface area contributed by atoms with Crippen LogP contribution in [-0.4, -0.2) is 12.3 Å². The molecule has 1 aromatic rings. The molecule has 1 heterocycles. The minimum absolute atomic E-state index is 0.165. The van der Waals surface area contributed by atoms with Gasteiger partial charge in [0.2, 0.25) is 0 Å². The van der Waals surface area contributed by atoms with Crippen molar-refractivity contribution >= 4 is 33.1 Å². The van der Waals surface area contributed by atoms with Crippen LogP contribution in [0, 0.1) is 0 Å². The van der Waals surface area contributed by atoms with Crippen molar-refractivity contribution < 1.29 is 4.79 Å². The number of halogens is 1. The zero-order valence-corrected chi connectivity index (χ0v) is 9.23. The summed E-state index contributed by atoms with van der Waals surface area (Å²) in [5.74, 6) is 0.165. The first-order valence-electron chi connectivity index (χ1n) is 4.54. The van der Waals surface area contributed by atoms with E-state index in [0.29, 0.717) is 17.7 Å². The van der Waals surface area contributed by atoms with Crippen molar-refractivity contribution in [1.82, 2.24) is 0 Å². The van der Waals surface area contributed by atoms with E-state index in [1.807, 2.05) is 6.07 Å². The average Bonchev–Trinajstić information content (AvgIpc) is 2.29. The highest BCUT2D eigenvalue weighted by molar-refractivity contribution is 9.10. The number of benzene rings is 1. The first-order valence-corrected chi connectivity index (χ1v) is 5.34. The Balaban J connectivity index is 2.58. The van der Waals surface area contributed by atoms with E-state index in [2.05, 4.69) is 21.2 Å². The van der Waals surface area contributed by atoms with Crippen LogP contribution in [0.25, 0.3) is 0 Å². The van der Waals surface area contributed by atoms with Crippen LogP contribution >= 0.6 is 15.9 Å². The van der Waals surface area contributed by atoms with E-state index in [-0.39, 0.29) is 5.78 Å². The Morgan fingerprint density at radius 3 is 3.00 bits per heavy atom. The Morgan fingerprint density at radius 1 is 1.43 bits per heavy atom. The predicted octanol–water partition coefficient (Wildman–Crippen LogP) is 2.42. The molecule has 3 nitrogen and oxygen atoms in total. The zero-order chi connectivity index (χ0) is 10.1. The monoisotopic (exact) mass is 254 g/mol.